The van der Waals surface area contributed by atoms with Crippen LogP contribution in [0, 0.1) is 11.3 Å². The predicted molar refractivity (Wildman–Crippen MR) is 62.8 cm³/mol. The number of hydrogen-bond acceptors (Lipinski definition) is 3. The molecule has 1 aromatic rings. The SMILES string of the molecule is CSCCN(C)c1ccc(C#N)cc1. The van der Waals surface area contributed by atoms with E-state index in [2.05, 4.69) is 24.3 Å². The molecule has 0 N–H and O–H groups in total. The van der Waals surface area contributed by atoms with Crippen LogP contribution in [0.1, 0.15) is 5.56 Å². The van der Waals surface area contributed by atoms with Crippen molar-refractivity contribution in [2.45, 2.75) is 0 Å². The Kier molecular flexibility index (Phi) is 4.34. The first kappa shape index (κ1) is 10.9. The normalized spacial score (nSPS) is 9.50. The smallest absolute Gasteiger partial charge is 0.0991 e. The molecule has 0 unspecified atom stereocenters. The maximum atomic E-state index is 8.64. The van der Waals surface area contributed by atoms with Crippen LogP contribution in [0.4, 0.5) is 5.69 Å². The Balaban J connectivity index is 2.63. The average Bonchev–Trinajstić information content (AvgIpc) is 2.26. The van der Waals surface area contributed by atoms with E-state index in [4.69, 9.17) is 5.26 Å². The molecule has 0 aromatic heterocycles. The molecule has 74 valence electrons. The molecule has 0 saturated heterocycles. The van der Waals surface area contributed by atoms with Gasteiger partial charge in [-0.25, -0.2) is 0 Å². The van der Waals surface area contributed by atoms with E-state index >= 15 is 0 Å². The Bertz CT molecular complexity index is 313. The fourth-order valence-corrected chi connectivity index (χ4v) is 1.60. The highest BCUT2D eigenvalue weighted by atomic mass is 32.2. The summed E-state index contributed by atoms with van der Waals surface area (Å²) in [6.07, 6.45) is 2.10. The van der Waals surface area contributed by atoms with Crippen LogP contribution >= 0.6 is 11.8 Å². The number of hydrogen-bond donors (Lipinski definition) is 0. The lowest BCUT2D eigenvalue weighted by molar-refractivity contribution is 0.978. The first-order valence-corrected chi connectivity index (χ1v) is 5.87. The summed E-state index contributed by atoms with van der Waals surface area (Å²) in [7, 11) is 2.07. The van der Waals surface area contributed by atoms with Gasteiger partial charge in [-0.05, 0) is 30.5 Å². The summed E-state index contributed by atoms with van der Waals surface area (Å²) >= 11 is 1.84. The lowest BCUT2D eigenvalue weighted by atomic mass is 10.2. The van der Waals surface area contributed by atoms with Gasteiger partial charge >= 0.3 is 0 Å². The van der Waals surface area contributed by atoms with Crippen molar-refractivity contribution in [1.82, 2.24) is 0 Å². The molecule has 0 aliphatic rings. The summed E-state index contributed by atoms with van der Waals surface area (Å²) in [6, 6.07) is 9.79. The topological polar surface area (TPSA) is 27.0 Å². The second kappa shape index (κ2) is 5.56. The number of thioether (sulfide) groups is 1. The van der Waals surface area contributed by atoms with Gasteiger partial charge < -0.3 is 4.90 Å². The quantitative estimate of drug-likeness (QED) is 0.756. The Morgan fingerprint density at radius 3 is 2.50 bits per heavy atom. The van der Waals surface area contributed by atoms with Crippen LogP contribution < -0.4 is 4.90 Å². The molecular weight excluding hydrogens is 192 g/mol. The number of nitriles is 1. The molecule has 0 heterocycles. The van der Waals surface area contributed by atoms with Crippen molar-refractivity contribution in [2.75, 3.05) is 30.5 Å². The summed E-state index contributed by atoms with van der Waals surface area (Å²) in [5.74, 6) is 1.12. The predicted octanol–water partition coefficient (Wildman–Crippen LogP) is 2.36. The zero-order valence-corrected chi connectivity index (χ0v) is 9.34. The number of nitrogens with zero attached hydrogens (tertiary/aromatic N) is 2. The minimum atomic E-state index is 0.715. The molecule has 0 bridgehead atoms. The third-order valence-corrected chi connectivity index (χ3v) is 2.66. The lowest BCUT2D eigenvalue weighted by Gasteiger charge is -2.18. The average molecular weight is 206 g/mol. The van der Waals surface area contributed by atoms with E-state index in [1.54, 1.807) is 0 Å². The second-order valence-corrected chi connectivity index (χ2v) is 4.06. The largest absolute Gasteiger partial charge is 0.374 e. The van der Waals surface area contributed by atoms with Gasteiger partial charge in [-0.3, -0.25) is 0 Å². The summed E-state index contributed by atoms with van der Waals surface area (Å²) in [4.78, 5) is 2.19. The van der Waals surface area contributed by atoms with E-state index in [9.17, 15) is 0 Å². The minimum absolute atomic E-state index is 0.715. The molecule has 0 atom stereocenters. The molecule has 0 fully saturated rings. The van der Waals surface area contributed by atoms with E-state index in [0.717, 1.165) is 18.0 Å². The minimum Gasteiger partial charge on any atom is -0.374 e. The summed E-state index contributed by atoms with van der Waals surface area (Å²) < 4.78 is 0. The summed E-state index contributed by atoms with van der Waals surface area (Å²) in [6.45, 7) is 1.03. The van der Waals surface area contributed by atoms with Gasteiger partial charge in [-0.15, -0.1) is 0 Å². The monoisotopic (exact) mass is 206 g/mol. The van der Waals surface area contributed by atoms with E-state index in [1.807, 2.05) is 36.0 Å². The van der Waals surface area contributed by atoms with Crippen LogP contribution in [-0.4, -0.2) is 25.6 Å². The zero-order chi connectivity index (χ0) is 10.4. The molecule has 0 radical (unpaired) electrons. The molecule has 3 heteroatoms. The molecule has 0 spiro atoms. The highest BCUT2D eigenvalue weighted by molar-refractivity contribution is 7.98. The maximum absolute atomic E-state index is 8.64. The highest BCUT2D eigenvalue weighted by Crippen LogP contribution is 2.13. The zero-order valence-electron chi connectivity index (χ0n) is 8.53. The van der Waals surface area contributed by atoms with Gasteiger partial charge in [0.1, 0.15) is 0 Å². The molecule has 0 amide bonds. The van der Waals surface area contributed by atoms with E-state index in [-0.39, 0.29) is 0 Å². The van der Waals surface area contributed by atoms with Crippen LogP contribution in [0.15, 0.2) is 24.3 Å². The van der Waals surface area contributed by atoms with Gasteiger partial charge in [0.05, 0.1) is 11.6 Å². The number of rotatable bonds is 4. The molecular formula is C11H14N2S. The van der Waals surface area contributed by atoms with E-state index in [0.29, 0.717) is 5.56 Å². The van der Waals surface area contributed by atoms with Crippen molar-refractivity contribution >= 4 is 17.4 Å². The van der Waals surface area contributed by atoms with Crippen molar-refractivity contribution in [3.05, 3.63) is 29.8 Å². The first-order valence-electron chi connectivity index (χ1n) is 4.48. The number of anilines is 1. The van der Waals surface area contributed by atoms with Crippen molar-refractivity contribution in [2.24, 2.45) is 0 Å². The Labute approximate surface area is 89.5 Å². The standard InChI is InChI=1S/C11H14N2S/c1-13(7-8-14-2)11-5-3-10(9-12)4-6-11/h3-6H,7-8H2,1-2H3. The maximum Gasteiger partial charge on any atom is 0.0991 e. The van der Waals surface area contributed by atoms with Crippen molar-refractivity contribution < 1.29 is 0 Å². The van der Waals surface area contributed by atoms with Gasteiger partial charge in [0.25, 0.3) is 0 Å². The van der Waals surface area contributed by atoms with Crippen molar-refractivity contribution in [3.63, 3.8) is 0 Å². The van der Waals surface area contributed by atoms with Gasteiger partial charge in [0.15, 0.2) is 0 Å². The Morgan fingerprint density at radius 1 is 1.36 bits per heavy atom. The van der Waals surface area contributed by atoms with Gasteiger partial charge in [0.2, 0.25) is 0 Å². The van der Waals surface area contributed by atoms with Crippen molar-refractivity contribution in [1.29, 1.82) is 5.26 Å². The lowest BCUT2D eigenvalue weighted by Crippen LogP contribution is -2.19. The van der Waals surface area contributed by atoms with Crippen LogP contribution in [0.5, 0.6) is 0 Å². The second-order valence-electron chi connectivity index (χ2n) is 3.07. The van der Waals surface area contributed by atoms with E-state index in [1.165, 1.54) is 0 Å². The third kappa shape index (κ3) is 2.97. The molecule has 0 aliphatic heterocycles. The summed E-state index contributed by atoms with van der Waals surface area (Å²) in [5.41, 5.74) is 1.88. The molecule has 0 aliphatic carbocycles. The third-order valence-electron chi connectivity index (χ3n) is 2.07. The summed E-state index contributed by atoms with van der Waals surface area (Å²) in [5, 5.41) is 8.64. The Hall–Kier alpha value is -1.14. The molecule has 1 rings (SSSR count). The van der Waals surface area contributed by atoms with E-state index < -0.39 is 0 Å². The molecule has 0 saturated carbocycles. The fraction of sp³-hybridized carbons (Fsp3) is 0.364. The van der Waals surface area contributed by atoms with Crippen LogP contribution in [0.2, 0.25) is 0 Å². The fourth-order valence-electron chi connectivity index (χ4n) is 1.15. The number of benzene rings is 1. The van der Waals surface area contributed by atoms with Gasteiger partial charge in [0, 0.05) is 25.0 Å². The Morgan fingerprint density at radius 2 is 2.00 bits per heavy atom. The van der Waals surface area contributed by atoms with Crippen LogP contribution in [0.25, 0.3) is 0 Å². The molecule has 14 heavy (non-hydrogen) atoms. The molecule has 2 nitrogen and oxygen atoms in total. The molecule has 1 aromatic carbocycles. The van der Waals surface area contributed by atoms with Crippen LogP contribution in [-0.2, 0) is 0 Å². The first-order chi connectivity index (χ1) is 6.77. The van der Waals surface area contributed by atoms with Gasteiger partial charge in [-0.2, -0.15) is 17.0 Å². The highest BCUT2D eigenvalue weighted by Gasteiger charge is 1.99. The van der Waals surface area contributed by atoms with Gasteiger partial charge in [-0.1, -0.05) is 0 Å². The van der Waals surface area contributed by atoms with Crippen molar-refractivity contribution in [3.8, 4) is 6.07 Å². The van der Waals surface area contributed by atoms with Crippen LogP contribution in [0.3, 0.4) is 0 Å².